The van der Waals surface area contributed by atoms with E-state index in [1.165, 1.54) is 0 Å². The Morgan fingerprint density at radius 3 is 2.43 bits per heavy atom. The lowest BCUT2D eigenvalue weighted by atomic mass is 10.1. The number of aryl methyl sites for hydroxylation is 2. The van der Waals surface area contributed by atoms with E-state index in [1.54, 1.807) is 25.1 Å². The molecule has 0 aliphatic carbocycles. The Kier molecular flexibility index (Phi) is 5.51. The Labute approximate surface area is 165 Å². The van der Waals surface area contributed by atoms with Gasteiger partial charge in [-0.1, -0.05) is 12.1 Å². The van der Waals surface area contributed by atoms with Gasteiger partial charge >= 0.3 is 0 Å². The third-order valence-corrected chi connectivity index (χ3v) is 5.76. The number of nitrogens with one attached hydrogen (secondary N) is 1. The van der Waals surface area contributed by atoms with Gasteiger partial charge in [0.05, 0.1) is 11.9 Å². The molecule has 1 aliphatic rings. The number of ether oxygens (including phenoxy) is 2. The Bertz CT molecular complexity index is 1000. The second-order valence-corrected chi connectivity index (χ2v) is 8.73. The van der Waals surface area contributed by atoms with Gasteiger partial charge in [0, 0.05) is 11.8 Å². The van der Waals surface area contributed by atoms with Crippen LogP contribution in [0.1, 0.15) is 18.1 Å². The molecule has 0 radical (unpaired) electrons. The molecule has 3 rings (SSSR count). The second kappa shape index (κ2) is 7.71. The minimum Gasteiger partial charge on any atom is -0.486 e. The number of rotatable bonds is 5. The van der Waals surface area contributed by atoms with Crippen molar-refractivity contribution in [2.45, 2.75) is 26.8 Å². The van der Waals surface area contributed by atoms with E-state index in [0.29, 0.717) is 36.1 Å². The Hall–Kier alpha value is -2.74. The van der Waals surface area contributed by atoms with Crippen molar-refractivity contribution in [3.8, 4) is 11.5 Å². The molecule has 28 heavy (non-hydrogen) atoms. The number of fused-ring (bicyclic) bond motifs is 1. The molecular weight excluding hydrogens is 380 g/mol. The lowest BCUT2D eigenvalue weighted by molar-refractivity contribution is -0.116. The first-order chi connectivity index (χ1) is 13.2. The van der Waals surface area contributed by atoms with Gasteiger partial charge in [-0.3, -0.25) is 9.10 Å². The van der Waals surface area contributed by atoms with E-state index in [-0.39, 0.29) is 0 Å². The minimum absolute atomic E-state index is 0.343. The molecule has 1 atom stereocenters. The summed E-state index contributed by atoms with van der Waals surface area (Å²) in [5, 5.41) is 2.83. The molecule has 2 aromatic rings. The van der Waals surface area contributed by atoms with Crippen LogP contribution in [-0.4, -0.2) is 39.8 Å². The van der Waals surface area contributed by atoms with Crippen LogP contribution < -0.4 is 19.1 Å². The van der Waals surface area contributed by atoms with Crippen LogP contribution in [0.4, 0.5) is 11.4 Å². The maximum Gasteiger partial charge on any atom is 0.248 e. The first-order valence-electron chi connectivity index (χ1n) is 8.94. The summed E-state index contributed by atoms with van der Waals surface area (Å²) in [5.41, 5.74) is 2.90. The van der Waals surface area contributed by atoms with Gasteiger partial charge in [0.25, 0.3) is 0 Å². The fraction of sp³-hybridized carbons (Fsp3) is 0.350. The lowest BCUT2D eigenvalue weighted by Gasteiger charge is -2.29. The molecule has 0 bridgehead atoms. The minimum atomic E-state index is -3.72. The van der Waals surface area contributed by atoms with Gasteiger partial charge in [-0.15, -0.1) is 0 Å². The molecule has 0 unspecified atom stereocenters. The summed E-state index contributed by atoms with van der Waals surface area (Å²) in [6, 6.07) is 9.59. The second-order valence-electron chi connectivity index (χ2n) is 6.87. The zero-order chi connectivity index (χ0) is 20.5. The van der Waals surface area contributed by atoms with Crippen molar-refractivity contribution in [2.24, 2.45) is 0 Å². The summed E-state index contributed by atoms with van der Waals surface area (Å²) in [6.07, 6.45) is 1.07. The SMILES string of the molecule is Cc1ccc(C)c(NC(=O)[C@H](C)N(c2ccc3c(c2)OCCO3)S(C)(=O)=O)c1. The van der Waals surface area contributed by atoms with E-state index in [4.69, 9.17) is 9.47 Å². The maximum atomic E-state index is 12.9. The zero-order valence-electron chi connectivity index (χ0n) is 16.4. The summed E-state index contributed by atoms with van der Waals surface area (Å²) in [5.74, 6) is 0.587. The van der Waals surface area contributed by atoms with Crippen molar-refractivity contribution in [1.29, 1.82) is 0 Å². The molecule has 1 amide bonds. The Balaban J connectivity index is 1.91. The molecule has 0 spiro atoms. The molecule has 0 saturated heterocycles. The number of carbonyl (C=O) groups is 1. The number of hydrogen-bond donors (Lipinski definition) is 1. The standard InChI is InChI=1S/C20H24N2O5S/c1-13-5-6-14(2)17(11-13)21-20(23)15(3)22(28(4,24)25)16-7-8-18-19(12-16)27-10-9-26-18/h5-8,11-12,15H,9-10H2,1-4H3,(H,21,23)/t15-/m0/s1. The van der Waals surface area contributed by atoms with Crippen LogP contribution in [0.5, 0.6) is 11.5 Å². The highest BCUT2D eigenvalue weighted by atomic mass is 32.2. The van der Waals surface area contributed by atoms with E-state index in [2.05, 4.69) is 5.32 Å². The van der Waals surface area contributed by atoms with Gasteiger partial charge in [0.1, 0.15) is 19.3 Å². The first-order valence-corrected chi connectivity index (χ1v) is 10.8. The quantitative estimate of drug-likeness (QED) is 0.828. The zero-order valence-corrected chi connectivity index (χ0v) is 17.2. The van der Waals surface area contributed by atoms with Crippen LogP contribution >= 0.6 is 0 Å². The average molecular weight is 404 g/mol. The number of sulfonamides is 1. The van der Waals surface area contributed by atoms with Crippen molar-refractivity contribution in [3.63, 3.8) is 0 Å². The molecular formula is C20H24N2O5S. The van der Waals surface area contributed by atoms with Gasteiger partial charge < -0.3 is 14.8 Å². The predicted octanol–water partition coefficient (Wildman–Crippen LogP) is 2.87. The van der Waals surface area contributed by atoms with Crippen molar-refractivity contribution in [1.82, 2.24) is 0 Å². The summed E-state index contributed by atoms with van der Waals surface area (Å²) in [6.45, 7) is 6.19. The fourth-order valence-electron chi connectivity index (χ4n) is 3.09. The van der Waals surface area contributed by atoms with Crippen LogP contribution in [0.25, 0.3) is 0 Å². The summed E-state index contributed by atoms with van der Waals surface area (Å²) >= 11 is 0. The van der Waals surface area contributed by atoms with E-state index in [9.17, 15) is 13.2 Å². The summed E-state index contributed by atoms with van der Waals surface area (Å²) < 4.78 is 37.1. The fourth-order valence-corrected chi connectivity index (χ4v) is 4.25. The highest BCUT2D eigenvalue weighted by molar-refractivity contribution is 7.92. The molecule has 0 saturated carbocycles. The number of benzene rings is 2. The number of amides is 1. The van der Waals surface area contributed by atoms with Gasteiger partial charge in [-0.25, -0.2) is 8.42 Å². The van der Waals surface area contributed by atoms with Crippen molar-refractivity contribution < 1.29 is 22.7 Å². The predicted molar refractivity (Wildman–Crippen MR) is 109 cm³/mol. The first kappa shape index (κ1) is 20.0. The van der Waals surface area contributed by atoms with Gasteiger partial charge in [-0.05, 0) is 50.1 Å². The molecule has 1 N–H and O–H groups in total. The van der Waals surface area contributed by atoms with E-state index >= 15 is 0 Å². The molecule has 0 fully saturated rings. The largest absolute Gasteiger partial charge is 0.486 e. The number of carbonyl (C=O) groups excluding carboxylic acids is 1. The third kappa shape index (κ3) is 4.22. The van der Waals surface area contributed by atoms with Crippen LogP contribution in [0, 0.1) is 13.8 Å². The molecule has 8 heteroatoms. The Morgan fingerprint density at radius 2 is 1.75 bits per heavy atom. The molecule has 1 heterocycles. The number of anilines is 2. The van der Waals surface area contributed by atoms with Crippen LogP contribution in [0.2, 0.25) is 0 Å². The van der Waals surface area contributed by atoms with Gasteiger partial charge in [0.15, 0.2) is 11.5 Å². The Morgan fingerprint density at radius 1 is 1.07 bits per heavy atom. The smallest absolute Gasteiger partial charge is 0.248 e. The van der Waals surface area contributed by atoms with Gasteiger partial charge in [-0.2, -0.15) is 0 Å². The lowest BCUT2D eigenvalue weighted by Crippen LogP contribution is -2.45. The van der Waals surface area contributed by atoms with Crippen LogP contribution in [0.15, 0.2) is 36.4 Å². The van der Waals surface area contributed by atoms with Crippen LogP contribution in [-0.2, 0) is 14.8 Å². The highest BCUT2D eigenvalue weighted by Gasteiger charge is 2.30. The summed E-state index contributed by atoms with van der Waals surface area (Å²) in [4.78, 5) is 12.9. The van der Waals surface area contributed by atoms with Crippen molar-refractivity contribution >= 4 is 27.3 Å². The molecule has 7 nitrogen and oxygen atoms in total. The average Bonchev–Trinajstić information content (AvgIpc) is 2.63. The monoisotopic (exact) mass is 404 g/mol. The van der Waals surface area contributed by atoms with Crippen molar-refractivity contribution in [3.05, 3.63) is 47.5 Å². The number of nitrogens with zero attached hydrogens (tertiary/aromatic N) is 1. The van der Waals surface area contributed by atoms with Crippen LogP contribution in [0.3, 0.4) is 0 Å². The third-order valence-electron chi connectivity index (χ3n) is 4.52. The topological polar surface area (TPSA) is 84.9 Å². The maximum absolute atomic E-state index is 12.9. The van der Waals surface area contributed by atoms with E-state index in [0.717, 1.165) is 21.7 Å². The van der Waals surface area contributed by atoms with Gasteiger partial charge in [0.2, 0.25) is 15.9 Å². The highest BCUT2D eigenvalue weighted by Crippen LogP contribution is 2.35. The molecule has 0 aromatic heterocycles. The van der Waals surface area contributed by atoms with E-state index < -0.39 is 22.0 Å². The normalized spacial score (nSPS) is 14.3. The van der Waals surface area contributed by atoms with Crippen molar-refractivity contribution in [2.75, 3.05) is 29.1 Å². The number of hydrogen-bond acceptors (Lipinski definition) is 5. The molecule has 150 valence electrons. The molecule has 1 aliphatic heterocycles. The summed E-state index contributed by atoms with van der Waals surface area (Å²) in [7, 11) is -3.72. The van der Waals surface area contributed by atoms with E-state index in [1.807, 2.05) is 32.0 Å². The molecule has 2 aromatic carbocycles.